The highest BCUT2D eigenvalue weighted by Crippen LogP contribution is 2.14. The van der Waals surface area contributed by atoms with Crippen molar-refractivity contribution in [2.45, 2.75) is 6.54 Å². The number of aromatic nitrogens is 3. The van der Waals surface area contributed by atoms with Crippen molar-refractivity contribution in [3.05, 3.63) is 77.2 Å². The minimum atomic E-state index is -0.408. The molecule has 3 rings (SSSR count). The van der Waals surface area contributed by atoms with Crippen molar-refractivity contribution in [2.24, 2.45) is 0 Å². The number of carbonyl (C=O) groups is 2. The summed E-state index contributed by atoms with van der Waals surface area (Å²) in [4.78, 5) is 28.0. The molecular formula is C18H16ClN5O2. The number of hydrogen-bond donors (Lipinski definition) is 2. The molecule has 0 saturated carbocycles. The number of halogens is 1. The molecular weight excluding hydrogens is 354 g/mol. The van der Waals surface area contributed by atoms with Gasteiger partial charge in [-0.05, 0) is 29.8 Å². The lowest BCUT2D eigenvalue weighted by molar-refractivity contribution is -0.115. The molecule has 3 aromatic rings. The number of rotatable bonds is 6. The second-order valence-corrected chi connectivity index (χ2v) is 5.87. The second-order valence-electron chi connectivity index (χ2n) is 5.46. The third-order valence-corrected chi connectivity index (χ3v) is 3.86. The number of nitrogens with zero attached hydrogens (tertiary/aromatic N) is 3. The molecule has 0 spiro atoms. The first-order valence-electron chi connectivity index (χ1n) is 7.87. The fourth-order valence-corrected chi connectivity index (χ4v) is 2.50. The number of hydrogen-bond acceptors (Lipinski definition) is 4. The van der Waals surface area contributed by atoms with Crippen LogP contribution in [0.15, 0.2) is 61.1 Å². The summed E-state index contributed by atoms with van der Waals surface area (Å²) in [7, 11) is 0. The van der Waals surface area contributed by atoms with E-state index in [0.717, 1.165) is 5.56 Å². The number of carbonyl (C=O) groups excluding carboxylic acids is 2. The summed E-state index contributed by atoms with van der Waals surface area (Å²) in [5.41, 5.74) is 1.37. The molecule has 1 aromatic carbocycles. The molecule has 2 amide bonds. The third-order valence-electron chi connectivity index (χ3n) is 3.53. The summed E-state index contributed by atoms with van der Waals surface area (Å²) in [5.74, 6) is -0.371. The van der Waals surface area contributed by atoms with Gasteiger partial charge in [0.05, 0.1) is 23.7 Å². The largest absolute Gasteiger partial charge is 0.343 e. The molecule has 7 nitrogen and oxygen atoms in total. The van der Waals surface area contributed by atoms with Crippen LogP contribution < -0.4 is 10.6 Å². The topological polar surface area (TPSA) is 88.9 Å². The Bertz CT molecular complexity index is 911. The van der Waals surface area contributed by atoms with Crippen LogP contribution >= 0.6 is 11.6 Å². The van der Waals surface area contributed by atoms with Crippen LogP contribution in [0.3, 0.4) is 0 Å². The molecule has 2 N–H and O–H groups in total. The van der Waals surface area contributed by atoms with E-state index in [1.54, 1.807) is 53.6 Å². The fraction of sp³-hybridized carbons (Fsp3) is 0.111. The molecule has 0 atom stereocenters. The fourth-order valence-electron chi connectivity index (χ4n) is 2.28. The van der Waals surface area contributed by atoms with E-state index in [4.69, 9.17) is 11.6 Å². The highest BCUT2D eigenvalue weighted by molar-refractivity contribution is 6.33. The van der Waals surface area contributed by atoms with E-state index in [-0.39, 0.29) is 12.5 Å². The smallest absolute Gasteiger partial charge is 0.253 e. The number of pyridine rings is 1. The number of nitrogens with one attached hydrogen (secondary N) is 2. The van der Waals surface area contributed by atoms with Crippen molar-refractivity contribution >= 4 is 29.2 Å². The maximum atomic E-state index is 12.0. The van der Waals surface area contributed by atoms with Gasteiger partial charge in [-0.15, -0.1) is 0 Å². The molecule has 0 bridgehead atoms. The summed E-state index contributed by atoms with van der Waals surface area (Å²) in [6.07, 6.45) is 5.19. The van der Waals surface area contributed by atoms with E-state index in [0.29, 0.717) is 22.9 Å². The van der Waals surface area contributed by atoms with Crippen molar-refractivity contribution < 1.29 is 9.59 Å². The molecule has 0 radical (unpaired) electrons. The minimum absolute atomic E-state index is 0.179. The molecule has 0 unspecified atom stereocenters. The first-order chi connectivity index (χ1) is 12.6. The van der Waals surface area contributed by atoms with Crippen molar-refractivity contribution in [1.82, 2.24) is 20.1 Å². The highest BCUT2D eigenvalue weighted by Gasteiger charge is 2.11. The Labute approximate surface area is 155 Å². The molecule has 26 heavy (non-hydrogen) atoms. The van der Waals surface area contributed by atoms with Crippen LogP contribution in [0.5, 0.6) is 0 Å². The second kappa shape index (κ2) is 8.26. The van der Waals surface area contributed by atoms with Gasteiger partial charge in [0.2, 0.25) is 5.91 Å². The summed E-state index contributed by atoms with van der Waals surface area (Å²) < 4.78 is 1.70. The first-order valence-corrected chi connectivity index (χ1v) is 8.24. The Morgan fingerprint density at radius 1 is 1.08 bits per heavy atom. The molecule has 0 fully saturated rings. The lowest BCUT2D eigenvalue weighted by Gasteiger charge is -2.06. The Morgan fingerprint density at radius 2 is 1.85 bits per heavy atom. The van der Waals surface area contributed by atoms with Crippen molar-refractivity contribution in [1.29, 1.82) is 0 Å². The van der Waals surface area contributed by atoms with Crippen LogP contribution in [0.1, 0.15) is 15.9 Å². The van der Waals surface area contributed by atoms with Gasteiger partial charge in [-0.25, -0.2) is 0 Å². The standard InChI is InChI=1S/C18H16ClN5O2/c19-15-4-2-1-3-14(15)18(26)21-11-17(25)22-16-7-10-24(23-16)12-13-5-8-20-9-6-13/h1-10H,11-12H2,(H,21,26)(H,22,23,25). The molecule has 2 heterocycles. The molecule has 132 valence electrons. The van der Waals surface area contributed by atoms with E-state index >= 15 is 0 Å². The maximum absolute atomic E-state index is 12.0. The van der Waals surface area contributed by atoms with E-state index < -0.39 is 5.91 Å². The lowest BCUT2D eigenvalue weighted by Crippen LogP contribution is -2.33. The number of amides is 2. The number of anilines is 1. The minimum Gasteiger partial charge on any atom is -0.343 e. The average molecular weight is 370 g/mol. The molecule has 8 heteroatoms. The zero-order valence-electron chi connectivity index (χ0n) is 13.7. The van der Waals surface area contributed by atoms with Gasteiger partial charge in [-0.3, -0.25) is 19.3 Å². The summed E-state index contributed by atoms with van der Waals surface area (Å²) in [5, 5.41) is 9.78. The molecule has 0 aliphatic rings. The van der Waals surface area contributed by atoms with E-state index in [1.165, 1.54) is 0 Å². The van der Waals surface area contributed by atoms with Gasteiger partial charge >= 0.3 is 0 Å². The SMILES string of the molecule is O=C(CNC(=O)c1ccccc1Cl)Nc1ccn(Cc2ccncc2)n1. The van der Waals surface area contributed by atoms with E-state index in [2.05, 4.69) is 20.7 Å². The quantitative estimate of drug-likeness (QED) is 0.698. The highest BCUT2D eigenvalue weighted by atomic mass is 35.5. The van der Waals surface area contributed by atoms with Crippen molar-refractivity contribution in [2.75, 3.05) is 11.9 Å². The lowest BCUT2D eigenvalue weighted by atomic mass is 10.2. The zero-order chi connectivity index (χ0) is 18.4. The summed E-state index contributed by atoms with van der Waals surface area (Å²) in [6.45, 7) is 0.392. The van der Waals surface area contributed by atoms with Crippen LogP contribution in [-0.2, 0) is 11.3 Å². The van der Waals surface area contributed by atoms with Gasteiger partial charge in [0.25, 0.3) is 5.91 Å². The Kier molecular flexibility index (Phi) is 5.60. The van der Waals surface area contributed by atoms with Gasteiger partial charge in [0.1, 0.15) is 0 Å². The summed E-state index contributed by atoms with van der Waals surface area (Å²) in [6, 6.07) is 12.1. The number of benzene rings is 1. The Morgan fingerprint density at radius 3 is 2.62 bits per heavy atom. The van der Waals surface area contributed by atoms with Gasteiger partial charge in [0.15, 0.2) is 5.82 Å². The van der Waals surface area contributed by atoms with Gasteiger partial charge in [0, 0.05) is 24.7 Å². The Balaban J connectivity index is 1.51. The molecule has 0 aliphatic heterocycles. The maximum Gasteiger partial charge on any atom is 0.253 e. The van der Waals surface area contributed by atoms with Gasteiger partial charge in [-0.1, -0.05) is 23.7 Å². The predicted molar refractivity (Wildman–Crippen MR) is 98.0 cm³/mol. The predicted octanol–water partition coefficient (Wildman–Crippen LogP) is 2.35. The van der Waals surface area contributed by atoms with Crippen LogP contribution in [0.25, 0.3) is 0 Å². The molecule has 0 aliphatic carbocycles. The van der Waals surface area contributed by atoms with E-state index in [9.17, 15) is 9.59 Å². The Hall–Kier alpha value is -3.19. The zero-order valence-corrected chi connectivity index (χ0v) is 14.5. The van der Waals surface area contributed by atoms with Crippen LogP contribution in [-0.4, -0.2) is 33.1 Å². The van der Waals surface area contributed by atoms with Crippen molar-refractivity contribution in [3.63, 3.8) is 0 Å². The van der Waals surface area contributed by atoms with Crippen LogP contribution in [0.2, 0.25) is 5.02 Å². The molecule has 2 aromatic heterocycles. The normalized spacial score (nSPS) is 10.3. The van der Waals surface area contributed by atoms with Gasteiger partial charge in [-0.2, -0.15) is 5.10 Å². The average Bonchev–Trinajstić information content (AvgIpc) is 3.07. The van der Waals surface area contributed by atoms with Crippen LogP contribution in [0, 0.1) is 0 Å². The molecule has 0 saturated heterocycles. The summed E-state index contributed by atoms with van der Waals surface area (Å²) >= 11 is 5.96. The van der Waals surface area contributed by atoms with Gasteiger partial charge < -0.3 is 10.6 Å². The van der Waals surface area contributed by atoms with Crippen molar-refractivity contribution in [3.8, 4) is 0 Å². The monoisotopic (exact) mass is 369 g/mol. The van der Waals surface area contributed by atoms with E-state index in [1.807, 2.05) is 12.1 Å². The van der Waals surface area contributed by atoms with Crippen LogP contribution in [0.4, 0.5) is 5.82 Å². The first kappa shape index (κ1) is 17.6. The third kappa shape index (κ3) is 4.67.